The number of thiazole rings is 1. The van der Waals surface area contributed by atoms with Gasteiger partial charge in [0.25, 0.3) is 0 Å². The molecule has 0 bridgehead atoms. The largest absolute Gasteiger partial charge is 0.285 e. The van der Waals surface area contributed by atoms with Gasteiger partial charge in [0, 0.05) is 5.69 Å². The van der Waals surface area contributed by atoms with E-state index in [0.717, 1.165) is 18.9 Å². The fourth-order valence-corrected chi connectivity index (χ4v) is 3.28. The molecule has 0 N–H and O–H groups in total. The first-order valence-corrected chi connectivity index (χ1v) is 6.01. The van der Waals surface area contributed by atoms with Crippen LogP contribution in [0.15, 0.2) is 39.6 Å². The molecule has 5 heteroatoms. The van der Waals surface area contributed by atoms with Crippen LogP contribution in [0.3, 0.4) is 0 Å². The summed E-state index contributed by atoms with van der Waals surface area (Å²) in [4.78, 5) is 0. The van der Waals surface area contributed by atoms with Crippen molar-refractivity contribution in [1.29, 1.82) is 0 Å². The van der Waals surface area contributed by atoms with Crippen LogP contribution < -0.4 is 0 Å². The summed E-state index contributed by atoms with van der Waals surface area (Å²) in [7, 11) is 0. The van der Waals surface area contributed by atoms with E-state index >= 15 is 0 Å². The summed E-state index contributed by atoms with van der Waals surface area (Å²) in [5.41, 5.74) is 1.03. The summed E-state index contributed by atoms with van der Waals surface area (Å²) in [5.74, 6) is 0. The highest BCUT2D eigenvalue weighted by Crippen LogP contribution is 2.29. The highest BCUT2D eigenvalue weighted by Gasteiger charge is 2.07. The van der Waals surface area contributed by atoms with E-state index in [1.165, 1.54) is 11.3 Å². The number of benzene rings is 1. The van der Waals surface area contributed by atoms with Crippen molar-refractivity contribution in [3.63, 3.8) is 0 Å². The molecular formula is C9H7NS4. The summed E-state index contributed by atoms with van der Waals surface area (Å²) < 4.78 is 3.53. The summed E-state index contributed by atoms with van der Waals surface area (Å²) in [6.07, 6.45) is 0. The minimum absolute atomic E-state index is 0.770. The van der Waals surface area contributed by atoms with Crippen molar-refractivity contribution in [3.05, 3.63) is 34.3 Å². The zero-order chi connectivity index (χ0) is 10.1. The number of hydrogen-bond donors (Lipinski definition) is 2. The van der Waals surface area contributed by atoms with Crippen LogP contribution in [0.4, 0.5) is 0 Å². The van der Waals surface area contributed by atoms with Gasteiger partial charge in [-0.3, -0.25) is 4.57 Å². The van der Waals surface area contributed by atoms with Gasteiger partial charge in [-0.2, -0.15) is 0 Å². The number of thiol groups is 2. The lowest BCUT2D eigenvalue weighted by atomic mass is 10.3. The molecule has 0 amide bonds. The van der Waals surface area contributed by atoms with Crippen LogP contribution in [-0.4, -0.2) is 4.57 Å². The smallest absolute Gasteiger partial charge is 0.167 e. The van der Waals surface area contributed by atoms with Crippen LogP contribution in [-0.2, 0) is 0 Å². The molecule has 14 heavy (non-hydrogen) atoms. The van der Waals surface area contributed by atoms with E-state index < -0.39 is 0 Å². The van der Waals surface area contributed by atoms with Gasteiger partial charge in [0.2, 0.25) is 0 Å². The molecule has 0 aliphatic rings. The van der Waals surface area contributed by atoms with Crippen LogP contribution in [0, 0.1) is 3.95 Å². The quantitative estimate of drug-likeness (QED) is 0.581. The third kappa shape index (κ3) is 1.77. The summed E-state index contributed by atoms with van der Waals surface area (Å²) in [6, 6.07) is 9.91. The van der Waals surface area contributed by atoms with Crippen molar-refractivity contribution in [2.75, 3.05) is 0 Å². The number of nitrogens with zero attached hydrogens (tertiary/aromatic N) is 1. The molecule has 1 heterocycles. The van der Waals surface area contributed by atoms with Crippen molar-refractivity contribution in [2.24, 2.45) is 0 Å². The van der Waals surface area contributed by atoms with Gasteiger partial charge in [-0.1, -0.05) is 29.5 Å². The highest BCUT2D eigenvalue weighted by molar-refractivity contribution is 7.85. The molecule has 1 aromatic heterocycles. The molecule has 0 saturated heterocycles. The Morgan fingerprint density at radius 1 is 1.14 bits per heavy atom. The van der Waals surface area contributed by atoms with Gasteiger partial charge < -0.3 is 0 Å². The lowest BCUT2D eigenvalue weighted by Gasteiger charge is -2.03. The van der Waals surface area contributed by atoms with Gasteiger partial charge in [0.05, 0.1) is 4.21 Å². The van der Waals surface area contributed by atoms with E-state index in [2.05, 4.69) is 25.3 Å². The maximum atomic E-state index is 5.23. The molecule has 0 aliphatic carbocycles. The van der Waals surface area contributed by atoms with Crippen molar-refractivity contribution in [3.8, 4) is 5.69 Å². The molecule has 0 spiro atoms. The van der Waals surface area contributed by atoms with Crippen LogP contribution >= 0.6 is 48.8 Å². The Labute approximate surface area is 102 Å². The second kappa shape index (κ2) is 4.10. The van der Waals surface area contributed by atoms with Gasteiger partial charge in [-0.15, -0.1) is 25.3 Å². The zero-order valence-corrected chi connectivity index (χ0v) is 10.5. The van der Waals surface area contributed by atoms with E-state index in [9.17, 15) is 0 Å². The van der Waals surface area contributed by atoms with Crippen LogP contribution in [0.25, 0.3) is 5.69 Å². The monoisotopic (exact) mass is 257 g/mol. The molecule has 0 saturated carbocycles. The molecule has 0 fully saturated rings. The van der Waals surface area contributed by atoms with Crippen molar-refractivity contribution in [1.82, 2.24) is 4.57 Å². The second-order valence-corrected chi connectivity index (χ2v) is 5.49. The summed E-state index contributed by atoms with van der Waals surface area (Å²) >= 11 is 15.3. The number of rotatable bonds is 1. The number of aromatic nitrogens is 1. The Morgan fingerprint density at radius 3 is 2.29 bits per heavy atom. The Morgan fingerprint density at radius 2 is 1.79 bits per heavy atom. The molecular weight excluding hydrogens is 250 g/mol. The van der Waals surface area contributed by atoms with Gasteiger partial charge >= 0.3 is 0 Å². The highest BCUT2D eigenvalue weighted by atomic mass is 32.2. The first-order valence-electron chi connectivity index (χ1n) is 3.89. The summed E-state index contributed by atoms with van der Waals surface area (Å²) in [6.45, 7) is 0. The van der Waals surface area contributed by atoms with Crippen molar-refractivity contribution in [2.45, 2.75) is 9.24 Å². The van der Waals surface area contributed by atoms with Gasteiger partial charge in [0.15, 0.2) is 3.95 Å². The SMILES string of the molecule is S=c1sc(S)c(S)n1-c1ccccc1. The Balaban J connectivity index is 2.69. The average molecular weight is 257 g/mol. The molecule has 72 valence electrons. The predicted octanol–water partition coefficient (Wildman–Crippen LogP) is 3.85. The van der Waals surface area contributed by atoms with Crippen molar-refractivity contribution < 1.29 is 0 Å². The van der Waals surface area contributed by atoms with E-state index in [-0.39, 0.29) is 0 Å². The molecule has 0 unspecified atom stereocenters. The van der Waals surface area contributed by atoms with Gasteiger partial charge in [0.1, 0.15) is 5.03 Å². The molecule has 0 radical (unpaired) electrons. The molecule has 1 nitrogen and oxygen atoms in total. The zero-order valence-electron chi connectivity index (χ0n) is 7.04. The topological polar surface area (TPSA) is 4.93 Å². The van der Waals surface area contributed by atoms with Crippen LogP contribution in [0.2, 0.25) is 0 Å². The molecule has 2 aromatic rings. The maximum Gasteiger partial charge on any atom is 0.167 e. The third-order valence-electron chi connectivity index (χ3n) is 1.78. The fraction of sp³-hybridized carbons (Fsp3) is 0. The standard InChI is InChI=1S/C9H7NS4/c11-7-8(12)14-9(13)10(7)6-4-2-1-3-5-6/h1-5,11-12H. The van der Waals surface area contributed by atoms with Crippen LogP contribution in [0.5, 0.6) is 0 Å². The van der Waals surface area contributed by atoms with E-state index in [1.54, 1.807) is 0 Å². The first-order chi connectivity index (χ1) is 6.70. The van der Waals surface area contributed by atoms with E-state index in [0.29, 0.717) is 0 Å². The minimum Gasteiger partial charge on any atom is -0.285 e. The first kappa shape index (κ1) is 10.3. The van der Waals surface area contributed by atoms with E-state index in [4.69, 9.17) is 12.2 Å². The Bertz CT molecular complexity index is 497. The predicted molar refractivity (Wildman–Crippen MR) is 69.0 cm³/mol. The maximum absolute atomic E-state index is 5.23. The Hall–Kier alpha value is -0.230. The Kier molecular flexibility index (Phi) is 3.02. The molecule has 1 aromatic carbocycles. The lowest BCUT2D eigenvalue weighted by molar-refractivity contribution is 0.919. The molecule has 0 aliphatic heterocycles. The van der Waals surface area contributed by atoms with Gasteiger partial charge in [-0.05, 0) is 24.4 Å². The molecule has 2 rings (SSSR count). The van der Waals surface area contributed by atoms with Crippen molar-refractivity contribution >= 4 is 48.8 Å². The minimum atomic E-state index is 0.770. The van der Waals surface area contributed by atoms with Crippen LogP contribution in [0.1, 0.15) is 0 Å². The lowest BCUT2D eigenvalue weighted by Crippen LogP contribution is -1.92. The number of para-hydroxylation sites is 1. The summed E-state index contributed by atoms with van der Waals surface area (Å²) in [5, 5.41) is 0.800. The normalized spacial score (nSPS) is 10.4. The van der Waals surface area contributed by atoms with Gasteiger partial charge in [-0.25, -0.2) is 0 Å². The number of hydrogen-bond acceptors (Lipinski definition) is 4. The second-order valence-electron chi connectivity index (χ2n) is 2.67. The molecule has 0 atom stereocenters. The van der Waals surface area contributed by atoms with E-state index in [1.807, 2.05) is 34.9 Å². The third-order valence-corrected chi connectivity index (χ3v) is 4.20. The fourth-order valence-electron chi connectivity index (χ4n) is 1.16. The average Bonchev–Trinajstić information content (AvgIpc) is 2.43.